The lowest BCUT2D eigenvalue weighted by Gasteiger charge is -2.17. The number of nitrogens with zero attached hydrogens (tertiary/aromatic N) is 2. The van der Waals surface area contributed by atoms with Crippen molar-refractivity contribution in [2.75, 3.05) is 30.6 Å². The Balaban J connectivity index is 1.86. The highest BCUT2D eigenvalue weighted by Gasteiger charge is 2.18. The van der Waals surface area contributed by atoms with Crippen LogP contribution in [-0.4, -0.2) is 30.2 Å². The second-order valence-electron chi connectivity index (χ2n) is 5.92. The fourth-order valence-corrected chi connectivity index (χ4v) is 3.20. The quantitative estimate of drug-likeness (QED) is 0.717. The molecule has 0 bridgehead atoms. The van der Waals surface area contributed by atoms with E-state index in [1.807, 2.05) is 0 Å². The Morgan fingerprint density at radius 3 is 2.44 bits per heavy atom. The highest BCUT2D eigenvalue weighted by Crippen LogP contribution is 2.38. The molecule has 0 atom stereocenters. The topological polar surface area (TPSA) is 94.3 Å². The van der Waals surface area contributed by atoms with Crippen LogP contribution in [0.1, 0.15) is 25.7 Å². The Bertz CT molecular complexity index is 750. The number of anilines is 4. The molecule has 134 valence electrons. The number of nitrogens with two attached hydrogens (primary N) is 1. The number of nitrogen functional groups attached to an aromatic ring is 1. The molecule has 0 aliphatic heterocycles. The molecule has 0 saturated heterocycles. The van der Waals surface area contributed by atoms with E-state index in [2.05, 4.69) is 20.6 Å². The van der Waals surface area contributed by atoms with E-state index in [9.17, 15) is 0 Å². The molecule has 0 unspecified atom stereocenters. The first-order valence-corrected chi connectivity index (χ1v) is 8.55. The molecule has 1 heterocycles. The largest absolute Gasteiger partial charge is 0.495 e. The lowest BCUT2D eigenvalue weighted by molar-refractivity contribution is 0.396. The maximum absolute atomic E-state index is 6.25. The Morgan fingerprint density at radius 1 is 1.08 bits per heavy atom. The molecular weight excluding hydrogens is 342 g/mol. The van der Waals surface area contributed by atoms with Gasteiger partial charge in [0.05, 0.1) is 24.9 Å². The van der Waals surface area contributed by atoms with Gasteiger partial charge in [0.2, 0.25) is 0 Å². The molecule has 1 aromatic heterocycles. The average Bonchev–Trinajstić information content (AvgIpc) is 3.12. The molecule has 3 rings (SSSR count). The lowest BCUT2D eigenvalue weighted by atomic mass is 10.2. The number of aromatic nitrogens is 2. The molecule has 0 amide bonds. The van der Waals surface area contributed by atoms with Crippen molar-refractivity contribution in [1.82, 2.24) is 9.97 Å². The molecular formula is C17H22ClN5O2. The zero-order valence-corrected chi connectivity index (χ0v) is 15.1. The molecule has 1 aromatic carbocycles. The second kappa shape index (κ2) is 7.65. The van der Waals surface area contributed by atoms with Crippen LogP contribution < -0.4 is 25.8 Å². The van der Waals surface area contributed by atoms with Crippen LogP contribution >= 0.6 is 11.6 Å². The highest BCUT2D eigenvalue weighted by molar-refractivity contribution is 6.32. The van der Waals surface area contributed by atoms with E-state index < -0.39 is 0 Å². The van der Waals surface area contributed by atoms with Gasteiger partial charge in [0.25, 0.3) is 0 Å². The summed E-state index contributed by atoms with van der Waals surface area (Å²) in [5, 5.41) is 7.03. The number of ether oxygens (including phenoxy) is 2. The van der Waals surface area contributed by atoms with E-state index in [1.54, 1.807) is 26.4 Å². The van der Waals surface area contributed by atoms with Crippen LogP contribution in [0.2, 0.25) is 5.02 Å². The zero-order valence-electron chi connectivity index (χ0n) is 14.3. The molecule has 0 spiro atoms. The summed E-state index contributed by atoms with van der Waals surface area (Å²) in [6, 6.07) is 3.83. The summed E-state index contributed by atoms with van der Waals surface area (Å²) in [6.07, 6.45) is 6.21. The Labute approximate surface area is 151 Å². The molecule has 1 aliphatic rings. The van der Waals surface area contributed by atoms with Crippen LogP contribution in [0.4, 0.5) is 23.0 Å². The van der Waals surface area contributed by atoms with Gasteiger partial charge in [-0.3, -0.25) is 0 Å². The number of hydrogen-bond acceptors (Lipinski definition) is 7. The van der Waals surface area contributed by atoms with Crippen LogP contribution in [0.3, 0.4) is 0 Å². The summed E-state index contributed by atoms with van der Waals surface area (Å²) < 4.78 is 10.6. The number of hydrogen-bond donors (Lipinski definition) is 3. The number of halogens is 1. The summed E-state index contributed by atoms with van der Waals surface area (Å²) in [7, 11) is 3.13. The first kappa shape index (κ1) is 17.4. The molecule has 0 radical (unpaired) electrons. The SMILES string of the molecule is COc1cc(OC)c(Nc2ncnc(NC3CCCC3)c2N)cc1Cl. The van der Waals surface area contributed by atoms with E-state index >= 15 is 0 Å². The van der Waals surface area contributed by atoms with Crippen molar-refractivity contribution in [3.8, 4) is 11.5 Å². The van der Waals surface area contributed by atoms with Gasteiger partial charge >= 0.3 is 0 Å². The Kier molecular flexibility index (Phi) is 5.33. The predicted molar refractivity (Wildman–Crippen MR) is 100 cm³/mol. The van der Waals surface area contributed by atoms with Gasteiger partial charge in [0.15, 0.2) is 11.6 Å². The zero-order chi connectivity index (χ0) is 17.8. The predicted octanol–water partition coefficient (Wildman–Crippen LogP) is 3.83. The minimum Gasteiger partial charge on any atom is -0.495 e. The van der Waals surface area contributed by atoms with Crippen molar-refractivity contribution in [2.45, 2.75) is 31.7 Å². The number of nitrogens with one attached hydrogen (secondary N) is 2. The molecule has 4 N–H and O–H groups in total. The van der Waals surface area contributed by atoms with Crippen LogP contribution in [-0.2, 0) is 0 Å². The van der Waals surface area contributed by atoms with E-state index in [4.69, 9.17) is 26.8 Å². The Hall–Kier alpha value is -2.41. The van der Waals surface area contributed by atoms with Crippen molar-refractivity contribution in [3.63, 3.8) is 0 Å². The van der Waals surface area contributed by atoms with Crippen LogP contribution in [0, 0.1) is 0 Å². The molecule has 8 heteroatoms. The van der Waals surface area contributed by atoms with Gasteiger partial charge in [-0.05, 0) is 18.9 Å². The minimum atomic E-state index is 0.412. The van der Waals surface area contributed by atoms with Crippen LogP contribution in [0.15, 0.2) is 18.5 Å². The summed E-state index contributed by atoms with van der Waals surface area (Å²) in [5.41, 5.74) is 7.35. The fourth-order valence-electron chi connectivity index (χ4n) is 2.96. The maximum atomic E-state index is 6.25. The van der Waals surface area contributed by atoms with Crippen molar-refractivity contribution in [3.05, 3.63) is 23.5 Å². The maximum Gasteiger partial charge on any atom is 0.159 e. The lowest BCUT2D eigenvalue weighted by Crippen LogP contribution is -2.17. The molecule has 1 fully saturated rings. The van der Waals surface area contributed by atoms with E-state index in [0.29, 0.717) is 45.6 Å². The van der Waals surface area contributed by atoms with E-state index in [-0.39, 0.29) is 0 Å². The third-order valence-corrected chi connectivity index (χ3v) is 4.60. The summed E-state index contributed by atoms with van der Waals surface area (Å²) >= 11 is 6.21. The molecule has 1 aliphatic carbocycles. The molecule has 2 aromatic rings. The van der Waals surface area contributed by atoms with Gasteiger partial charge < -0.3 is 25.8 Å². The van der Waals surface area contributed by atoms with Crippen molar-refractivity contribution < 1.29 is 9.47 Å². The molecule has 1 saturated carbocycles. The molecule has 7 nitrogen and oxygen atoms in total. The van der Waals surface area contributed by atoms with E-state index in [1.165, 1.54) is 19.2 Å². The fraction of sp³-hybridized carbons (Fsp3) is 0.412. The smallest absolute Gasteiger partial charge is 0.159 e. The second-order valence-corrected chi connectivity index (χ2v) is 6.33. The minimum absolute atomic E-state index is 0.412. The number of rotatable bonds is 6. The first-order valence-electron chi connectivity index (χ1n) is 8.18. The van der Waals surface area contributed by atoms with E-state index in [0.717, 1.165) is 12.8 Å². The van der Waals surface area contributed by atoms with Gasteiger partial charge in [0, 0.05) is 12.1 Å². The molecule has 25 heavy (non-hydrogen) atoms. The Morgan fingerprint density at radius 2 is 1.76 bits per heavy atom. The van der Waals surface area contributed by atoms with Crippen LogP contribution in [0.25, 0.3) is 0 Å². The van der Waals surface area contributed by atoms with Crippen LogP contribution in [0.5, 0.6) is 11.5 Å². The highest BCUT2D eigenvalue weighted by atomic mass is 35.5. The van der Waals surface area contributed by atoms with Gasteiger partial charge in [-0.1, -0.05) is 24.4 Å². The number of methoxy groups -OCH3 is 2. The third-order valence-electron chi connectivity index (χ3n) is 4.31. The van der Waals surface area contributed by atoms with Crippen molar-refractivity contribution >= 4 is 34.6 Å². The van der Waals surface area contributed by atoms with Gasteiger partial charge in [-0.25, -0.2) is 9.97 Å². The summed E-state index contributed by atoms with van der Waals surface area (Å²) in [5.74, 6) is 2.24. The van der Waals surface area contributed by atoms with Crippen molar-refractivity contribution in [1.29, 1.82) is 0 Å². The normalized spacial score (nSPS) is 14.4. The average molecular weight is 364 g/mol. The van der Waals surface area contributed by atoms with Gasteiger partial charge in [-0.15, -0.1) is 0 Å². The van der Waals surface area contributed by atoms with Gasteiger partial charge in [-0.2, -0.15) is 0 Å². The monoisotopic (exact) mass is 363 g/mol. The number of benzene rings is 1. The summed E-state index contributed by atoms with van der Waals surface area (Å²) in [6.45, 7) is 0. The standard InChI is InChI=1S/C17H22ClN5O2/c1-24-13-8-14(25-2)12(7-11(13)18)23-17-15(19)16(20-9-21-17)22-10-5-3-4-6-10/h7-10H,3-6,19H2,1-2H3,(H2,20,21,22,23). The summed E-state index contributed by atoms with van der Waals surface area (Å²) in [4.78, 5) is 8.51. The third kappa shape index (κ3) is 3.82. The first-order chi connectivity index (χ1) is 12.1. The van der Waals surface area contributed by atoms with Gasteiger partial charge in [0.1, 0.15) is 23.5 Å². The van der Waals surface area contributed by atoms with Crippen molar-refractivity contribution in [2.24, 2.45) is 0 Å².